The normalized spacial score (nSPS) is 16.5. The Bertz CT molecular complexity index is 386. The van der Waals surface area contributed by atoms with Gasteiger partial charge in [0.15, 0.2) is 5.96 Å². The molecule has 1 amide bonds. The lowest BCUT2D eigenvalue weighted by atomic mass is 10.1. The van der Waals surface area contributed by atoms with Crippen LogP contribution in [-0.2, 0) is 4.74 Å². The third-order valence-electron chi connectivity index (χ3n) is 3.42. The second-order valence-corrected chi connectivity index (χ2v) is 6.62. The third kappa shape index (κ3) is 6.51. The molecule has 1 saturated heterocycles. The predicted molar refractivity (Wildman–Crippen MR) is 89.3 cm³/mol. The second-order valence-electron chi connectivity index (χ2n) is 6.62. The smallest absolute Gasteiger partial charge is 0.410 e. The van der Waals surface area contributed by atoms with E-state index in [-0.39, 0.29) is 12.1 Å². The zero-order valence-electron chi connectivity index (χ0n) is 14.8. The van der Waals surface area contributed by atoms with Crippen LogP contribution in [0, 0.1) is 0 Å². The number of hydrogen-bond acceptors (Lipinski definition) is 4. The minimum Gasteiger partial charge on any atom is -0.444 e. The molecule has 0 unspecified atom stereocenters. The summed E-state index contributed by atoms with van der Waals surface area (Å²) < 4.78 is 5.33. The summed E-state index contributed by atoms with van der Waals surface area (Å²) in [5.74, 6) is 0.776. The first-order chi connectivity index (χ1) is 10.2. The van der Waals surface area contributed by atoms with Crippen molar-refractivity contribution >= 4 is 12.1 Å². The topological polar surface area (TPSA) is 69.2 Å². The summed E-state index contributed by atoms with van der Waals surface area (Å²) in [6.07, 6.45) is -0.252. The van der Waals surface area contributed by atoms with E-state index in [9.17, 15) is 4.79 Å². The molecule has 0 saturated carbocycles. The molecule has 0 radical (unpaired) electrons. The molecule has 7 heteroatoms. The summed E-state index contributed by atoms with van der Waals surface area (Å²) >= 11 is 0. The maximum absolute atomic E-state index is 11.8. The quantitative estimate of drug-likeness (QED) is 0.578. The fourth-order valence-electron chi connectivity index (χ4n) is 1.96. The Morgan fingerprint density at radius 1 is 1.41 bits per heavy atom. The number of hydrogen-bond donors (Lipinski definition) is 2. The van der Waals surface area contributed by atoms with Crippen LogP contribution in [0.2, 0.25) is 0 Å². The van der Waals surface area contributed by atoms with Gasteiger partial charge < -0.3 is 25.2 Å². The largest absolute Gasteiger partial charge is 0.444 e. The maximum Gasteiger partial charge on any atom is 0.410 e. The monoisotopic (exact) mass is 313 g/mol. The van der Waals surface area contributed by atoms with Crippen LogP contribution in [0.4, 0.5) is 4.79 Å². The van der Waals surface area contributed by atoms with E-state index in [2.05, 4.69) is 34.5 Å². The van der Waals surface area contributed by atoms with Crippen LogP contribution in [0.5, 0.6) is 0 Å². The molecule has 128 valence electrons. The molecule has 0 aromatic heterocycles. The van der Waals surface area contributed by atoms with Crippen molar-refractivity contribution in [3.05, 3.63) is 0 Å². The molecule has 1 aliphatic rings. The average Bonchev–Trinajstić information content (AvgIpc) is 2.37. The standard InChI is InChI=1S/C15H31N5O2/c1-7-19(6)9-8-17-13(16-5)18-12-10-20(11-12)14(21)22-15(2,3)4/h12H,7-11H2,1-6H3,(H2,16,17,18). The molecule has 0 spiro atoms. The summed E-state index contributed by atoms with van der Waals surface area (Å²) in [6, 6.07) is 0.225. The summed E-state index contributed by atoms with van der Waals surface area (Å²) in [6.45, 7) is 11.9. The molecule has 1 rings (SSSR count). The first kappa shape index (κ1) is 18.5. The summed E-state index contributed by atoms with van der Waals surface area (Å²) in [7, 11) is 3.84. The fourth-order valence-corrected chi connectivity index (χ4v) is 1.96. The molecule has 0 aliphatic carbocycles. The van der Waals surface area contributed by atoms with E-state index >= 15 is 0 Å². The highest BCUT2D eigenvalue weighted by atomic mass is 16.6. The molecule has 2 N–H and O–H groups in total. The minimum atomic E-state index is -0.446. The lowest BCUT2D eigenvalue weighted by molar-refractivity contribution is 0.00701. The number of likely N-dealkylation sites (N-methyl/N-ethyl adjacent to an activating group) is 1. The van der Waals surface area contributed by atoms with Gasteiger partial charge in [-0.3, -0.25) is 4.99 Å². The van der Waals surface area contributed by atoms with E-state index < -0.39 is 5.60 Å². The molecule has 0 bridgehead atoms. The van der Waals surface area contributed by atoms with Crippen LogP contribution in [-0.4, -0.2) is 80.3 Å². The Morgan fingerprint density at radius 3 is 2.55 bits per heavy atom. The van der Waals surface area contributed by atoms with E-state index in [1.165, 1.54) is 0 Å². The van der Waals surface area contributed by atoms with Crippen LogP contribution in [0.3, 0.4) is 0 Å². The Morgan fingerprint density at radius 2 is 2.05 bits per heavy atom. The summed E-state index contributed by atoms with van der Waals surface area (Å²) in [5.41, 5.74) is -0.446. The van der Waals surface area contributed by atoms with Gasteiger partial charge in [-0.25, -0.2) is 4.79 Å². The van der Waals surface area contributed by atoms with Gasteiger partial charge in [0.25, 0.3) is 0 Å². The van der Waals surface area contributed by atoms with Crippen LogP contribution >= 0.6 is 0 Å². The van der Waals surface area contributed by atoms with Gasteiger partial charge in [-0.05, 0) is 34.4 Å². The van der Waals surface area contributed by atoms with E-state index in [1.807, 2.05) is 20.8 Å². The average molecular weight is 313 g/mol. The number of aliphatic imine (C=N–C) groups is 1. The lowest BCUT2D eigenvalue weighted by Crippen LogP contribution is -2.63. The SMILES string of the molecule is CCN(C)CCNC(=NC)NC1CN(C(=O)OC(C)(C)C)C1. The molecule has 0 atom stereocenters. The number of carbonyl (C=O) groups excluding carboxylic acids is 1. The number of amides is 1. The van der Waals surface area contributed by atoms with E-state index in [0.717, 1.165) is 25.6 Å². The van der Waals surface area contributed by atoms with Gasteiger partial charge >= 0.3 is 6.09 Å². The van der Waals surface area contributed by atoms with Gasteiger partial charge in [0.05, 0.1) is 6.04 Å². The number of nitrogens with zero attached hydrogens (tertiary/aromatic N) is 3. The first-order valence-electron chi connectivity index (χ1n) is 7.88. The number of ether oxygens (including phenoxy) is 1. The summed E-state index contributed by atoms with van der Waals surface area (Å²) in [5, 5.41) is 6.59. The van der Waals surface area contributed by atoms with Crippen LogP contribution in [0.15, 0.2) is 4.99 Å². The molecule has 1 aliphatic heterocycles. The van der Waals surface area contributed by atoms with Crippen LogP contribution in [0.25, 0.3) is 0 Å². The van der Waals surface area contributed by atoms with Crippen molar-refractivity contribution in [2.24, 2.45) is 4.99 Å². The molecule has 0 aromatic carbocycles. The van der Waals surface area contributed by atoms with E-state index in [4.69, 9.17) is 4.74 Å². The minimum absolute atomic E-state index is 0.225. The molecule has 22 heavy (non-hydrogen) atoms. The van der Waals surface area contributed by atoms with Crippen molar-refractivity contribution in [2.75, 3.05) is 46.8 Å². The number of rotatable bonds is 5. The van der Waals surface area contributed by atoms with Crippen molar-refractivity contribution in [3.63, 3.8) is 0 Å². The van der Waals surface area contributed by atoms with Crippen molar-refractivity contribution < 1.29 is 9.53 Å². The van der Waals surface area contributed by atoms with Crippen LogP contribution < -0.4 is 10.6 Å². The number of likely N-dealkylation sites (tertiary alicyclic amines) is 1. The summed E-state index contributed by atoms with van der Waals surface area (Å²) in [4.78, 5) is 20.0. The van der Waals surface area contributed by atoms with E-state index in [0.29, 0.717) is 13.1 Å². The Labute approximate surface area is 134 Å². The van der Waals surface area contributed by atoms with Gasteiger partial charge in [-0.15, -0.1) is 0 Å². The highest BCUT2D eigenvalue weighted by molar-refractivity contribution is 5.80. The van der Waals surface area contributed by atoms with Crippen molar-refractivity contribution in [3.8, 4) is 0 Å². The van der Waals surface area contributed by atoms with Gasteiger partial charge in [-0.2, -0.15) is 0 Å². The fraction of sp³-hybridized carbons (Fsp3) is 0.867. The van der Waals surface area contributed by atoms with Gasteiger partial charge in [0, 0.05) is 33.2 Å². The maximum atomic E-state index is 11.8. The molecular formula is C15H31N5O2. The molecule has 1 fully saturated rings. The Hall–Kier alpha value is -1.50. The van der Waals surface area contributed by atoms with Gasteiger partial charge in [0.2, 0.25) is 0 Å². The third-order valence-corrected chi connectivity index (χ3v) is 3.42. The lowest BCUT2D eigenvalue weighted by Gasteiger charge is -2.40. The van der Waals surface area contributed by atoms with Crippen molar-refractivity contribution in [2.45, 2.75) is 39.3 Å². The molecule has 0 aromatic rings. The van der Waals surface area contributed by atoms with Gasteiger partial charge in [-0.1, -0.05) is 6.92 Å². The Balaban J connectivity index is 2.24. The first-order valence-corrected chi connectivity index (χ1v) is 7.88. The zero-order valence-corrected chi connectivity index (χ0v) is 14.8. The van der Waals surface area contributed by atoms with Crippen molar-refractivity contribution in [1.29, 1.82) is 0 Å². The van der Waals surface area contributed by atoms with Gasteiger partial charge in [0.1, 0.15) is 5.60 Å². The van der Waals surface area contributed by atoms with Crippen LogP contribution in [0.1, 0.15) is 27.7 Å². The zero-order chi connectivity index (χ0) is 16.8. The highest BCUT2D eigenvalue weighted by Crippen LogP contribution is 2.14. The highest BCUT2D eigenvalue weighted by Gasteiger charge is 2.34. The second kappa shape index (κ2) is 8.22. The number of nitrogens with one attached hydrogen (secondary N) is 2. The number of guanidine groups is 1. The predicted octanol–water partition coefficient (Wildman–Crippen LogP) is 0.722. The van der Waals surface area contributed by atoms with Crippen molar-refractivity contribution in [1.82, 2.24) is 20.4 Å². The molecular weight excluding hydrogens is 282 g/mol. The Kier molecular flexibility index (Phi) is 6.93. The molecule has 1 heterocycles. The van der Waals surface area contributed by atoms with E-state index in [1.54, 1.807) is 11.9 Å². The molecule has 7 nitrogen and oxygen atoms in total. The number of carbonyl (C=O) groups is 1.